The van der Waals surface area contributed by atoms with Crippen LogP contribution in [0.15, 0.2) is 0 Å². The van der Waals surface area contributed by atoms with Crippen LogP contribution in [0, 0.1) is 5.92 Å². The van der Waals surface area contributed by atoms with Crippen LogP contribution in [0.5, 0.6) is 0 Å². The third-order valence-electron chi connectivity index (χ3n) is 3.32. The molecule has 4 heteroatoms. The molecule has 2 rings (SSSR count). The van der Waals surface area contributed by atoms with E-state index in [-0.39, 0.29) is 24.0 Å². The number of aliphatic hydroxyl groups is 1. The van der Waals surface area contributed by atoms with Crippen molar-refractivity contribution < 1.29 is 9.90 Å². The molecule has 14 heavy (non-hydrogen) atoms. The lowest BCUT2D eigenvalue weighted by atomic mass is 9.88. The average molecular weight is 198 g/mol. The fraction of sp³-hybridized carbons (Fsp3) is 0.900. The van der Waals surface area contributed by atoms with Crippen molar-refractivity contribution in [3.05, 3.63) is 0 Å². The van der Waals surface area contributed by atoms with Crippen molar-refractivity contribution in [3.8, 4) is 0 Å². The number of amides is 1. The maximum absolute atomic E-state index is 11.7. The number of carbonyl (C=O) groups excluding carboxylic acids is 1. The summed E-state index contributed by atoms with van der Waals surface area (Å²) in [7, 11) is 0. The van der Waals surface area contributed by atoms with Crippen molar-refractivity contribution >= 4 is 5.91 Å². The quantitative estimate of drug-likeness (QED) is 0.567. The Kier molecular flexibility index (Phi) is 2.74. The maximum atomic E-state index is 11.7. The lowest BCUT2D eigenvalue weighted by Gasteiger charge is -2.33. The van der Waals surface area contributed by atoms with Crippen LogP contribution in [-0.2, 0) is 4.79 Å². The first-order valence-corrected chi connectivity index (χ1v) is 5.38. The molecule has 0 spiro atoms. The molecule has 3 N–H and O–H groups in total. The van der Waals surface area contributed by atoms with Crippen molar-refractivity contribution in [2.24, 2.45) is 5.92 Å². The molecule has 1 amide bonds. The highest BCUT2D eigenvalue weighted by Gasteiger charge is 2.34. The smallest absolute Gasteiger partial charge is 0.224 e. The third kappa shape index (κ3) is 1.91. The van der Waals surface area contributed by atoms with E-state index in [4.69, 9.17) is 5.11 Å². The fourth-order valence-corrected chi connectivity index (χ4v) is 2.23. The second kappa shape index (κ2) is 3.87. The minimum absolute atomic E-state index is 0.118. The van der Waals surface area contributed by atoms with Gasteiger partial charge in [0.15, 0.2) is 0 Å². The van der Waals surface area contributed by atoms with Gasteiger partial charge in [0.25, 0.3) is 0 Å². The van der Waals surface area contributed by atoms with Crippen LogP contribution in [0.3, 0.4) is 0 Å². The van der Waals surface area contributed by atoms with Gasteiger partial charge in [0.05, 0.1) is 12.0 Å². The molecule has 2 fully saturated rings. The van der Waals surface area contributed by atoms with Crippen LogP contribution in [0.2, 0.25) is 0 Å². The topological polar surface area (TPSA) is 61.4 Å². The summed E-state index contributed by atoms with van der Waals surface area (Å²) >= 11 is 0. The molecular weight excluding hydrogens is 180 g/mol. The number of rotatable bonds is 2. The van der Waals surface area contributed by atoms with Crippen molar-refractivity contribution in [1.29, 1.82) is 0 Å². The summed E-state index contributed by atoms with van der Waals surface area (Å²) in [5.74, 6) is 0.271. The lowest BCUT2D eigenvalue weighted by Crippen LogP contribution is -2.49. The Morgan fingerprint density at radius 3 is 2.71 bits per heavy atom. The molecule has 0 radical (unpaired) electrons. The average Bonchev–Trinajstić information content (AvgIpc) is 2.48. The number of nitrogens with one attached hydrogen (secondary N) is 2. The van der Waals surface area contributed by atoms with E-state index in [1.165, 1.54) is 0 Å². The summed E-state index contributed by atoms with van der Waals surface area (Å²) in [4.78, 5) is 11.7. The molecular formula is C10H18N2O2. The van der Waals surface area contributed by atoms with E-state index in [0.717, 1.165) is 25.8 Å². The Morgan fingerprint density at radius 1 is 1.50 bits per heavy atom. The van der Waals surface area contributed by atoms with Crippen molar-refractivity contribution in [3.63, 3.8) is 0 Å². The number of aliphatic hydroxyl groups excluding tert-OH is 1. The van der Waals surface area contributed by atoms with E-state index in [1.807, 2.05) is 6.92 Å². The Labute approximate surface area is 84.1 Å². The Hall–Kier alpha value is -0.610. The molecule has 2 unspecified atom stereocenters. The molecule has 1 saturated heterocycles. The van der Waals surface area contributed by atoms with E-state index >= 15 is 0 Å². The predicted octanol–water partition coefficient (Wildman–Crippen LogP) is -0.376. The molecule has 1 aliphatic carbocycles. The molecule has 0 bridgehead atoms. The van der Waals surface area contributed by atoms with Crippen LogP contribution in [0.1, 0.15) is 26.2 Å². The Bertz CT molecular complexity index is 226. The van der Waals surface area contributed by atoms with Gasteiger partial charge in [-0.2, -0.15) is 0 Å². The monoisotopic (exact) mass is 198 g/mol. The van der Waals surface area contributed by atoms with Crippen LogP contribution >= 0.6 is 0 Å². The highest BCUT2D eigenvalue weighted by molar-refractivity contribution is 5.80. The molecule has 0 aromatic rings. The van der Waals surface area contributed by atoms with Crippen LogP contribution in [-0.4, -0.2) is 35.7 Å². The SMILES string of the molecule is CC1NCCC1C(=O)NC1CC(O)C1. The van der Waals surface area contributed by atoms with Gasteiger partial charge in [0, 0.05) is 12.1 Å². The highest BCUT2D eigenvalue weighted by atomic mass is 16.3. The van der Waals surface area contributed by atoms with Crippen molar-refractivity contribution in [1.82, 2.24) is 10.6 Å². The van der Waals surface area contributed by atoms with Crippen LogP contribution in [0.4, 0.5) is 0 Å². The van der Waals surface area contributed by atoms with Crippen molar-refractivity contribution in [2.75, 3.05) is 6.54 Å². The zero-order valence-corrected chi connectivity index (χ0v) is 8.49. The van der Waals surface area contributed by atoms with Crippen LogP contribution < -0.4 is 10.6 Å². The van der Waals surface area contributed by atoms with Gasteiger partial charge in [-0.1, -0.05) is 0 Å². The van der Waals surface area contributed by atoms with Gasteiger partial charge in [-0.15, -0.1) is 0 Å². The first-order chi connectivity index (χ1) is 6.66. The third-order valence-corrected chi connectivity index (χ3v) is 3.32. The first kappa shape index (κ1) is 9.93. The summed E-state index contributed by atoms with van der Waals surface area (Å²) in [5.41, 5.74) is 0. The zero-order chi connectivity index (χ0) is 10.1. The minimum Gasteiger partial charge on any atom is -0.393 e. The molecule has 0 aromatic heterocycles. The lowest BCUT2D eigenvalue weighted by molar-refractivity contribution is -0.127. The van der Waals surface area contributed by atoms with E-state index < -0.39 is 0 Å². The Balaban J connectivity index is 1.78. The van der Waals surface area contributed by atoms with Gasteiger partial charge < -0.3 is 15.7 Å². The summed E-state index contributed by atoms with van der Waals surface area (Å²) in [6, 6.07) is 0.505. The van der Waals surface area contributed by atoms with Gasteiger partial charge in [0.1, 0.15) is 0 Å². The van der Waals surface area contributed by atoms with E-state index in [9.17, 15) is 4.79 Å². The van der Waals surface area contributed by atoms with Gasteiger partial charge >= 0.3 is 0 Å². The number of hydrogen-bond donors (Lipinski definition) is 3. The molecule has 2 aliphatic rings. The number of carbonyl (C=O) groups is 1. The molecule has 0 aromatic carbocycles. The molecule has 4 nitrogen and oxygen atoms in total. The molecule has 1 saturated carbocycles. The molecule has 80 valence electrons. The van der Waals surface area contributed by atoms with E-state index in [2.05, 4.69) is 10.6 Å². The number of hydrogen-bond acceptors (Lipinski definition) is 3. The maximum Gasteiger partial charge on any atom is 0.224 e. The highest BCUT2D eigenvalue weighted by Crippen LogP contribution is 2.21. The fourth-order valence-electron chi connectivity index (χ4n) is 2.23. The van der Waals surface area contributed by atoms with E-state index in [0.29, 0.717) is 6.04 Å². The molecule has 1 aliphatic heterocycles. The summed E-state index contributed by atoms with van der Waals surface area (Å²) in [6.07, 6.45) is 2.18. The van der Waals surface area contributed by atoms with E-state index in [1.54, 1.807) is 0 Å². The second-order valence-electron chi connectivity index (χ2n) is 4.47. The largest absolute Gasteiger partial charge is 0.393 e. The second-order valence-corrected chi connectivity index (χ2v) is 4.47. The standard InChI is InChI=1S/C10H18N2O2/c1-6-9(2-3-11-6)10(14)12-7-4-8(13)5-7/h6-9,11,13H,2-5H2,1H3,(H,12,14). The predicted molar refractivity (Wildman–Crippen MR) is 52.7 cm³/mol. The normalized spacial score (nSPS) is 41.9. The zero-order valence-electron chi connectivity index (χ0n) is 8.49. The van der Waals surface area contributed by atoms with Gasteiger partial charge in [-0.05, 0) is 32.7 Å². The molecule has 1 heterocycles. The van der Waals surface area contributed by atoms with Gasteiger partial charge in [-0.3, -0.25) is 4.79 Å². The van der Waals surface area contributed by atoms with Gasteiger partial charge in [-0.25, -0.2) is 0 Å². The van der Waals surface area contributed by atoms with Crippen molar-refractivity contribution in [2.45, 2.75) is 44.4 Å². The summed E-state index contributed by atoms with van der Waals surface area (Å²) in [5, 5.41) is 15.3. The summed E-state index contributed by atoms with van der Waals surface area (Å²) in [6.45, 7) is 2.99. The first-order valence-electron chi connectivity index (χ1n) is 5.38. The Morgan fingerprint density at radius 2 is 2.21 bits per heavy atom. The summed E-state index contributed by atoms with van der Waals surface area (Å²) < 4.78 is 0. The minimum atomic E-state index is -0.195. The molecule has 2 atom stereocenters. The van der Waals surface area contributed by atoms with Crippen LogP contribution in [0.25, 0.3) is 0 Å². The van der Waals surface area contributed by atoms with Gasteiger partial charge in [0.2, 0.25) is 5.91 Å².